The number of fused-ring (bicyclic) bond motifs is 7. The standard InChI is InChI=1S/C40H22N6O2S2/c1-39(2)24-14-28(46-34-30(25(18-43)44-5)21-11-7-9-13-23(21)36(34)48)50-37(24)38-32(39)31-26(49-38)15-27(40(31,3)4)45-33-29(19(16-41)17-42)20-10-6-8-12-22(20)35(33)47/h6-15H,1-4H3. The Kier molecular flexibility index (Phi) is 6.57. The molecule has 0 N–H and O–H groups in total. The predicted molar refractivity (Wildman–Crippen MR) is 194 cm³/mol. The smallest absolute Gasteiger partial charge is 0.271 e. The second-order valence-corrected chi connectivity index (χ2v) is 15.3. The fourth-order valence-corrected chi connectivity index (χ4v) is 10.4. The van der Waals surface area contributed by atoms with Gasteiger partial charge in [0.2, 0.25) is 11.6 Å². The molecule has 0 radical (unpaired) electrons. The van der Waals surface area contributed by atoms with Crippen LogP contribution in [0.25, 0.3) is 31.8 Å². The molecular formula is C40H22N6O2S2. The van der Waals surface area contributed by atoms with Crippen molar-refractivity contribution in [2.45, 2.75) is 38.5 Å². The van der Waals surface area contributed by atoms with Gasteiger partial charge < -0.3 is 0 Å². The van der Waals surface area contributed by atoms with Crippen molar-refractivity contribution < 1.29 is 9.59 Å². The number of thiophene rings is 2. The molecule has 0 bridgehead atoms. The van der Waals surface area contributed by atoms with Gasteiger partial charge in [-0.15, -0.1) is 22.7 Å². The first-order valence-electron chi connectivity index (χ1n) is 15.5. The quantitative estimate of drug-likeness (QED) is 0.154. The third kappa shape index (κ3) is 3.98. The fraction of sp³-hybridized carbons (Fsp3) is 0.150. The van der Waals surface area contributed by atoms with Gasteiger partial charge in [0.05, 0.1) is 23.2 Å². The van der Waals surface area contributed by atoms with E-state index >= 15 is 0 Å². The number of allylic oxidation sites excluding steroid dienone is 5. The molecule has 8 nitrogen and oxygen atoms in total. The number of Topliss-reactive ketones (excluding diaryl/α,β-unsaturated/α-hetero) is 2. The molecular weight excluding hydrogens is 661 g/mol. The molecule has 0 unspecified atom stereocenters. The molecule has 4 aliphatic carbocycles. The molecule has 0 atom stereocenters. The molecule has 4 aliphatic rings. The van der Waals surface area contributed by atoms with Crippen LogP contribution in [0.4, 0.5) is 5.00 Å². The number of benzene rings is 2. The van der Waals surface area contributed by atoms with E-state index in [4.69, 9.17) is 16.6 Å². The van der Waals surface area contributed by atoms with Crippen LogP contribution in [0.1, 0.15) is 81.1 Å². The molecule has 2 heterocycles. The average molecular weight is 683 g/mol. The minimum absolute atomic E-state index is 0.103. The lowest BCUT2D eigenvalue weighted by Gasteiger charge is -2.28. The lowest BCUT2D eigenvalue weighted by Crippen LogP contribution is -2.24. The second kappa shape index (κ2) is 10.6. The number of aliphatic imine (C=N–C) groups is 2. The highest BCUT2D eigenvalue weighted by atomic mass is 32.1. The van der Waals surface area contributed by atoms with Gasteiger partial charge in [0.15, 0.2) is 0 Å². The summed E-state index contributed by atoms with van der Waals surface area (Å²) in [4.78, 5) is 43.4. The highest BCUT2D eigenvalue weighted by Gasteiger charge is 2.49. The molecule has 10 heteroatoms. The Morgan fingerprint density at radius 2 is 1.32 bits per heavy atom. The summed E-state index contributed by atoms with van der Waals surface area (Å²) in [7, 11) is 0. The van der Waals surface area contributed by atoms with Crippen LogP contribution < -0.4 is 0 Å². The predicted octanol–water partition coefficient (Wildman–Crippen LogP) is 9.01. The lowest BCUT2D eigenvalue weighted by atomic mass is 9.75. The highest BCUT2D eigenvalue weighted by molar-refractivity contribution is 7.25. The van der Waals surface area contributed by atoms with E-state index in [-0.39, 0.29) is 45.4 Å². The summed E-state index contributed by atoms with van der Waals surface area (Å²) in [6.45, 7) is 16.1. The van der Waals surface area contributed by atoms with Crippen molar-refractivity contribution >= 4 is 67.9 Å². The Labute approximate surface area is 295 Å². The summed E-state index contributed by atoms with van der Waals surface area (Å²) >= 11 is 3.12. The van der Waals surface area contributed by atoms with E-state index in [1.54, 1.807) is 59.9 Å². The van der Waals surface area contributed by atoms with Crippen molar-refractivity contribution in [2.24, 2.45) is 9.98 Å². The van der Waals surface area contributed by atoms with Gasteiger partial charge in [-0.05, 0) is 40.0 Å². The number of carbonyl (C=O) groups is 2. The molecule has 4 aromatic rings. The molecule has 8 rings (SSSR count). The third-order valence-corrected chi connectivity index (χ3v) is 12.2. The molecule has 236 valence electrons. The fourth-order valence-electron chi connectivity index (χ4n) is 7.48. The van der Waals surface area contributed by atoms with Gasteiger partial charge in [-0.25, -0.2) is 20.1 Å². The van der Waals surface area contributed by atoms with Gasteiger partial charge in [-0.2, -0.15) is 10.5 Å². The van der Waals surface area contributed by atoms with Crippen LogP contribution in [-0.4, -0.2) is 23.0 Å². The zero-order valence-electron chi connectivity index (χ0n) is 27.1. The summed E-state index contributed by atoms with van der Waals surface area (Å²) < 4.78 is 0. The Bertz CT molecular complexity index is 2650. The maximum absolute atomic E-state index is 13.6. The van der Waals surface area contributed by atoms with Crippen LogP contribution in [0.5, 0.6) is 0 Å². The van der Waals surface area contributed by atoms with Gasteiger partial charge in [-0.1, -0.05) is 76.2 Å². The van der Waals surface area contributed by atoms with Crippen molar-refractivity contribution in [3.05, 3.63) is 127 Å². The Morgan fingerprint density at radius 3 is 1.90 bits per heavy atom. The Hall–Kier alpha value is -6.30. The van der Waals surface area contributed by atoms with E-state index in [1.807, 2.05) is 30.4 Å². The van der Waals surface area contributed by atoms with Crippen LogP contribution >= 0.6 is 22.7 Å². The maximum Gasteiger partial charge on any atom is 0.271 e. The van der Waals surface area contributed by atoms with Crippen LogP contribution in [-0.2, 0) is 10.8 Å². The van der Waals surface area contributed by atoms with Crippen LogP contribution in [0.3, 0.4) is 0 Å². The number of ketones is 2. The van der Waals surface area contributed by atoms with Gasteiger partial charge in [0.25, 0.3) is 5.70 Å². The van der Waals surface area contributed by atoms with Crippen molar-refractivity contribution in [1.82, 2.24) is 0 Å². The monoisotopic (exact) mass is 682 g/mol. The first kappa shape index (κ1) is 31.0. The van der Waals surface area contributed by atoms with Crippen molar-refractivity contribution in [3.8, 4) is 28.0 Å². The average Bonchev–Trinajstić information content (AvgIpc) is 3.91. The number of hydrogen-bond donors (Lipinski definition) is 0. The van der Waals surface area contributed by atoms with Gasteiger partial charge >= 0.3 is 0 Å². The van der Waals surface area contributed by atoms with E-state index in [0.29, 0.717) is 33.0 Å². The van der Waals surface area contributed by atoms with Gasteiger partial charge in [0, 0.05) is 42.9 Å². The van der Waals surface area contributed by atoms with Crippen molar-refractivity contribution in [1.29, 1.82) is 15.8 Å². The number of nitriles is 3. The Morgan fingerprint density at radius 1 is 0.740 bits per heavy atom. The first-order valence-corrected chi connectivity index (χ1v) is 17.2. The highest BCUT2D eigenvalue weighted by Crippen LogP contribution is 2.63. The van der Waals surface area contributed by atoms with Crippen molar-refractivity contribution in [3.63, 3.8) is 0 Å². The first-order chi connectivity index (χ1) is 24.0. The summed E-state index contributed by atoms with van der Waals surface area (Å²) in [6, 6.07) is 21.8. The third-order valence-electron chi connectivity index (χ3n) is 9.86. The summed E-state index contributed by atoms with van der Waals surface area (Å²) in [5, 5.41) is 29.9. The molecule has 2 aromatic carbocycles. The van der Waals surface area contributed by atoms with E-state index in [0.717, 1.165) is 25.8 Å². The van der Waals surface area contributed by atoms with Crippen LogP contribution in [0, 0.1) is 40.6 Å². The normalized spacial score (nSPS) is 19.5. The molecule has 0 spiro atoms. The van der Waals surface area contributed by atoms with Gasteiger partial charge in [0.1, 0.15) is 34.1 Å². The van der Waals surface area contributed by atoms with E-state index in [2.05, 4.69) is 32.5 Å². The van der Waals surface area contributed by atoms with E-state index < -0.39 is 10.8 Å². The summed E-state index contributed by atoms with van der Waals surface area (Å²) in [5.74, 6) is -0.622. The molecule has 0 amide bonds. The van der Waals surface area contributed by atoms with E-state index in [9.17, 15) is 25.4 Å². The lowest BCUT2D eigenvalue weighted by molar-refractivity contribution is 0.106. The SMILES string of the molecule is [C-]#[N+]C(C#N)=C1C(=Nc2cc3c(s2)-c2sc4c(c2C3(C)C)C(C)(C)C(N=C2C(=O)c3ccccc3C2=C(C#N)C#N)=C4)C(=O)c2ccccc21. The molecule has 50 heavy (non-hydrogen) atoms. The number of rotatable bonds is 2. The molecule has 0 saturated heterocycles. The number of nitrogens with zero attached hydrogens (tertiary/aromatic N) is 6. The summed E-state index contributed by atoms with van der Waals surface area (Å²) in [6.07, 6.45) is 2.00. The largest absolute Gasteiger partial charge is 0.287 e. The zero-order chi connectivity index (χ0) is 35.3. The Balaban J connectivity index is 1.24. The minimum Gasteiger partial charge on any atom is -0.287 e. The van der Waals surface area contributed by atoms with Crippen LogP contribution in [0.2, 0.25) is 0 Å². The van der Waals surface area contributed by atoms with Crippen LogP contribution in [0.15, 0.2) is 81.5 Å². The molecule has 0 fully saturated rings. The number of carbonyl (C=O) groups excluding carboxylic acids is 2. The summed E-state index contributed by atoms with van der Waals surface area (Å²) in [5.41, 5.74) is 5.35. The molecule has 0 saturated carbocycles. The maximum atomic E-state index is 13.6. The topological polar surface area (TPSA) is 135 Å². The molecule has 0 aliphatic heterocycles. The van der Waals surface area contributed by atoms with E-state index in [1.165, 1.54) is 16.9 Å². The zero-order valence-corrected chi connectivity index (χ0v) is 28.7. The minimum atomic E-state index is -0.601. The number of hydrogen-bond acceptors (Lipinski definition) is 9. The van der Waals surface area contributed by atoms with Crippen molar-refractivity contribution in [2.75, 3.05) is 0 Å². The molecule has 2 aromatic heterocycles. The van der Waals surface area contributed by atoms with Gasteiger partial charge in [-0.3, -0.25) is 9.59 Å². The second-order valence-electron chi connectivity index (χ2n) is 13.2.